The van der Waals surface area contributed by atoms with Gasteiger partial charge in [-0.2, -0.15) is 4.37 Å². The minimum Gasteiger partial charge on any atom is -0.467 e. The molecule has 4 rings (SSSR count). The molecule has 2 heterocycles. The summed E-state index contributed by atoms with van der Waals surface area (Å²) in [5.74, 6) is -1.37. The minimum atomic E-state index is -1.04. The summed E-state index contributed by atoms with van der Waals surface area (Å²) in [4.78, 5) is 40.3. The fourth-order valence-corrected chi connectivity index (χ4v) is 4.80. The number of aromatic nitrogens is 1. The van der Waals surface area contributed by atoms with Crippen LogP contribution in [0.4, 0.5) is 5.69 Å². The normalized spacial score (nSPS) is 14.7. The maximum atomic E-state index is 13.7. The number of rotatable bonds is 8. The molecule has 0 bridgehead atoms. The Morgan fingerprint density at radius 2 is 1.88 bits per heavy atom. The Bertz CT molecular complexity index is 1120. The average molecular weight is 468 g/mol. The highest BCUT2D eigenvalue weighted by atomic mass is 32.1. The van der Waals surface area contributed by atoms with Gasteiger partial charge in [-0.25, -0.2) is 0 Å². The van der Waals surface area contributed by atoms with Gasteiger partial charge in [0.1, 0.15) is 10.6 Å². The Balaban J connectivity index is 1.74. The van der Waals surface area contributed by atoms with Crippen LogP contribution in [-0.2, 0) is 11.3 Å². The van der Waals surface area contributed by atoms with E-state index >= 15 is 0 Å². The van der Waals surface area contributed by atoms with E-state index in [0.717, 1.165) is 42.8 Å². The number of anilines is 1. The average Bonchev–Trinajstić information content (AvgIpc) is 3.56. The highest BCUT2D eigenvalue weighted by Gasteiger charge is 2.37. The van der Waals surface area contributed by atoms with Gasteiger partial charge in [-0.1, -0.05) is 43.2 Å². The molecule has 172 valence electrons. The van der Waals surface area contributed by atoms with E-state index in [1.165, 1.54) is 11.2 Å². The third-order valence-corrected chi connectivity index (χ3v) is 6.54. The highest BCUT2D eigenvalue weighted by molar-refractivity contribution is 7.09. The molecule has 1 aromatic carbocycles. The van der Waals surface area contributed by atoms with Crippen LogP contribution in [0.5, 0.6) is 0 Å². The Morgan fingerprint density at radius 3 is 2.48 bits per heavy atom. The van der Waals surface area contributed by atoms with Crippen LogP contribution >= 0.6 is 11.5 Å². The fourth-order valence-electron chi connectivity index (χ4n) is 4.04. The van der Waals surface area contributed by atoms with E-state index in [-0.39, 0.29) is 34.8 Å². The molecular formula is C23H25N5O4S. The van der Waals surface area contributed by atoms with Crippen molar-refractivity contribution in [3.05, 3.63) is 70.6 Å². The predicted molar refractivity (Wildman–Crippen MR) is 123 cm³/mol. The number of hydrogen-bond acceptors (Lipinski definition) is 7. The number of carbonyl (C=O) groups excluding carboxylic acids is 3. The van der Waals surface area contributed by atoms with Gasteiger partial charge >= 0.3 is 0 Å². The van der Waals surface area contributed by atoms with Gasteiger partial charge in [0, 0.05) is 12.6 Å². The zero-order chi connectivity index (χ0) is 23.4. The Morgan fingerprint density at radius 1 is 1.15 bits per heavy atom. The lowest BCUT2D eigenvalue weighted by Crippen LogP contribution is -2.45. The third kappa shape index (κ3) is 4.90. The van der Waals surface area contributed by atoms with Crippen molar-refractivity contribution < 1.29 is 18.8 Å². The van der Waals surface area contributed by atoms with E-state index in [4.69, 9.17) is 15.9 Å². The molecule has 9 nitrogen and oxygen atoms in total. The van der Waals surface area contributed by atoms with Crippen LogP contribution in [0.15, 0.2) is 53.1 Å². The highest BCUT2D eigenvalue weighted by Crippen LogP contribution is 2.31. The first-order valence-corrected chi connectivity index (χ1v) is 11.5. The van der Waals surface area contributed by atoms with Crippen molar-refractivity contribution in [2.45, 2.75) is 44.3 Å². The number of amides is 3. The number of hydrogen-bond donors (Lipinski definition) is 3. The molecule has 3 aromatic rings. The van der Waals surface area contributed by atoms with Gasteiger partial charge in [0.2, 0.25) is 0 Å². The largest absolute Gasteiger partial charge is 0.467 e. The zero-order valence-corrected chi connectivity index (χ0v) is 18.7. The van der Waals surface area contributed by atoms with Gasteiger partial charge in [0.25, 0.3) is 17.7 Å². The molecule has 1 atom stereocenters. The summed E-state index contributed by atoms with van der Waals surface area (Å²) >= 11 is 0.781. The van der Waals surface area contributed by atoms with Crippen LogP contribution in [0.2, 0.25) is 0 Å². The fraction of sp³-hybridized carbons (Fsp3) is 0.304. The molecule has 10 heteroatoms. The van der Waals surface area contributed by atoms with Gasteiger partial charge < -0.3 is 26.1 Å². The van der Waals surface area contributed by atoms with Crippen LogP contribution in [0.3, 0.4) is 0 Å². The molecule has 0 saturated heterocycles. The lowest BCUT2D eigenvalue weighted by Gasteiger charge is -2.30. The summed E-state index contributed by atoms with van der Waals surface area (Å²) in [5.41, 5.74) is 11.9. The van der Waals surface area contributed by atoms with Gasteiger partial charge in [-0.3, -0.25) is 14.4 Å². The molecule has 1 aliphatic carbocycles. The molecule has 0 spiro atoms. The van der Waals surface area contributed by atoms with Gasteiger partial charge in [-0.15, -0.1) is 0 Å². The van der Waals surface area contributed by atoms with Crippen molar-refractivity contribution >= 4 is 34.9 Å². The molecule has 1 fully saturated rings. The molecule has 3 amide bonds. The summed E-state index contributed by atoms with van der Waals surface area (Å²) in [6, 6.07) is 11.6. The summed E-state index contributed by atoms with van der Waals surface area (Å²) in [6.07, 6.45) is 5.36. The summed E-state index contributed by atoms with van der Waals surface area (Å²) in [7, 11) is 0. The number of furan rings is 1. The Kier molecular flexibility index (Phi) is 6.74. The zero-order valence-electron chi connectivity index (χ0n) is 17.9. The molecule has 0 aliphatic heterocycles. The first-order valence-electron chi connectivity index (χ1n) is 10.7. The third-order valence-electron chi connectivity index (χ3n) is 5.69. The summed E-state index contributed by atoms with van der Waals surface area (Å²) < 4.78 is 9.53. The number of benzene rings is 1. The van der Waals surface area contributed by atoms with Crippen molar-refractivity contribution in [3.63, 3.8) is 0 Å². The number of nitrogens with two attached hydrogens (primary N) is 2. The molecule has 5 N–H and O–H groups in total. The second kappa shape index (κ2) is 9.86. The van der Waals surface area contributed by atoms with Crippen LogP contribution in [0.25, 0.3) is 0 Å². The van der Waals surface area contributed by atoms with Crippen LogP contribution in [-0.4, -0.2) is 33.0 Å². The second-order valence-electron chi connectivity index (χ2n) is 7.96. The number of carbonyl (C=O) groups is 3. The van der Waals surface area contributed by atoms with Crippen molar-refractivity contribution in [1.82, 2.24) is 14.6 Å². The number of nitrogens with one attached hydrogen (secondary N) is 1. The molecule has 0 unspecified atom stereocenters. The molecule has 0 radical (unpaired) electrons. The molecule has 1 saturated carbocycles. The van der Waals surface area contributed by atoms with Gasteiger partial charge in [0.15, 0.2) is 11.7 Å². The number of nitrogens with zero attached hydrogens (tertiary/aromatic N) is 2. The number of nitrogen functional groups attached to an aromatic ring is 1. The number of primary amides is 1. The molecule has 1 aliphatic rings. The lowest BCUT2D eigenvalue weighted by molar-refractivity contribution is -0.127. The van der Waals surface area contributed by atoms with Gasteiger partial charge in [-0.05, 0) is 42.1 Å². The van der Waals surface area contributed by atoms with Crippen molar-refractivity contribution in [2.75, 3.05) is 5.73 Å². The topological polar surface area (TPSA) is 145 Å². The van der Waals surface area contributed by atoms with Crippen molar-refractivity contribution in [1.29, 1.82) is 0 Å². The molecule has 33 heavy (non-hydrogen) atoms. The maximum absolute atomic E-state index is 13.7. The summed E-state index contributed by atoms with van der Waals surface area (Å²) in [5, 5.41) is 3.07. The molecular weight excluding hydrogens is 442 g/mol. The Labute approximate surface area is 194 Å². The lowest BCUT2D eigenvalue weighted by atomic mass is 10.1. The van der Waals surface area contributed by atoms with Crippen LogP contribution < -0.4 is 16.8 Å². The van der Waals surface area contributed by atoms with E-state index in [2.05, 4.69) is 9.69 Å². The Hall–Kier alpha value is -3.66. The van der Waals surface area contributed by atoms with Crippen molar-refractivity contribution in [2.24, 2.45) is 5.73 Å². The predicted octanol–water partition coefficient (Wildman–Crippen LogP) is 2.86. The maximum Gasteiger partial charge on any atom is 0.270 e. The van der Waals surface area contributed by atoms with E-state index in [1.54, 1.807) is 12.1 Å². The SMILES string of the molecule is NC(=O)c1nsc(C(=O)N(Cc2ccccc2)[C@H](C(=O)NC2CCCC2)c2ccco2)c1N. The first-order chi connectivity index (χ1) is 16.0. The van der Waals surface area contributed by atoms with Gasteiger partial charge in [0.05, 0.1) is 12.0 Å². The van der Waals surface area contributed by atoms with E-state index in [0.29, 0.717) is 5.76 Å². The quantitative estimate of drug-likeness (QED) is 0.464. The van der Waals surface area contributed by atoms with Crippen LogP contribution in [0.1, 0.15) is 63.2 Å². The second-order valence-corrected chi connectivity index (χ2v) is 8.74. The van der Waals surface area contributed by atoms with Crippen molar-refractivity contribution in [3.8, 4) is 0 Å². The first kappa shape index (κ1) is 22.5. The van der Waals surface area contributed by atoms with E-state index < -0.39 is 17.9 Å². The summed E-state index contributed by atoms with van der Waals surface area (Å²) in [6.45, 7) is 0.117. The monoisotopic (exact) mass is 467 g/mol. The van der Waals surface area contributed by atoms with E-state index in [9.17, 15) is 14.4 Å². The smallest absolute Gasteiger partial charge is 0.270 e. The van der Waals surface area contributed by atoms with E-state index in [1.807, 2.05) is 30.3 Å². The minimum absolute atomic E-state index is 0.0463. The molecule has 2 aromatic heterocycles. The standard InChI is InChI=1S/C23H25N5O4S/c24-17-18(21(25)29)27-33-20(17)23(31)28(13-14-7-2-1-3-8-14)19(16-11-6-12-32-16)22(30)26-15-9-4-5-10-15/h1-3,6-8,11-12,15,19H,4-5,9-10,13,24H2,(H2,25,29)(H,26,30)/t19-/m0/s1. The van der Waals surface area contributed by atoms with Crippen LogP contribution in [0, 0.1) is 0 Å².